The lowest BCUT2D eigenvalue weighted by Crippen LogP contribution is -2.42. The van der Waals surface area contributed by atoms with Gasteiger partial charge in [0, 0.05) is 19.1 Å². The first-order valence-corrected chi connectivity index (χ1v) is 6.33. The molecule has 0 amide bonds. The average Bonchev–Trinajstić information content (AvgIpc) is 2.75. The Kier molecular flexibility index (Phi) is 4.44. The molecule has 0 spiro atoms. The van der Waals surface area contributed by atoms with Crippen LogP contribution in [0.4, 0.5) is 0 Å². The van der Waals surface area contributed by atoms with Crippen LogP contribution in [0, 0.1) is 5.92 Å². The molecule has 17 heavy (non-hydrogen) atoms. The van der Waals surface area contributed by atoms with Gasteiger partial charge in [0.1, 0.15) is 0 Å². The molecule has 1 fully saturated rings. The van der Waals surface area contributed by atoms with Crippen LogP contribution >= 0.6 is 0 Å². The average molecular weight is 239 g/mol. The maximum absolute atomic E-state index is 5.55. The fourth-order valence-electron chi connectivity index (χ4n) is 2.35. The Labute approximate surface area is 102 Å². The Morgan fingerprint density at radius 3 is 3.06 bits per heavy atom. The van der Waals surface area contributed by atoms with E-state index in [0.29, 0.717) is 12.0 Å². The highest BCUT2D eigenvalue weighted by molar-refractivity contribution is 4.89. The molecule has 2 heterocycles. The molecule has 2 unspecified atom stereocenters. The Hall–Kier alpha value is -1.01. The molecule has 0 radical (unpaired) electrons. The van der Waals surface area contributed by atoms with E-state index in [1.54, 1.807) is 7.05 Å². The molecule has 0 aromatic carbocycles. The number of hydrogen-bond donors (Lipinski definition) is 1. The summed E-state index contributed by atoms with van der Waals surface area (Å²) in [6.45, 7) is 4.83. The number of hydrogen-bond acceptors (Lipinski definition) is 5. The SMILES string of the molecule is CCNC(Cc1nnn(C)n1)C1CCCOC1. The molecule has 1 aromatic rings. The van der Waals surface area contributed by atoms with Crippen molar-refractivity contribution in [2.45, 2.75) is 32.2 Å². The van der Waals surface area contributed by atoms with Crippen LogP contribution in [-0.4, -0.2) is 46.0 Å². The first kappa shape index (κ1) is 12.4. The second kappa shape index (κ2) is 6.07. The van der Waals surface area contributed by atoms with E-state index in [-0.39, 0.29) is 0 Å². The second-order valence-electron chi connectivity index (χ2n) is 4.54. The van der Waals surface area contributed by atoms with Crippen molar-refractivity contribution < 1.29 is 4.74 Å². The number of nitrogens with zero attached hydrogens (tertiary/aromatic N) is 4. The summed E-state index contributed by atoms with van der Waals surface area (Å²) in [6.07, 6.45) is 3.20. The molecule has 1 aliphatic rings. The topological polar surface area (TPSA) is 64.9 Å². The van der Waals surface area contributed by atoms with Crippen molar-refractivity contribution in [1.82, 2.24) is 25.5 Å². The fraction of sp³-hybridized carbons (Fsp3) is 0.909. The first-order chi connectivity index (χ1) is 8.29. The van der Waals surface area contributed by atoms with E-state index in [1.807, 2.05) is 0 Å². The summed E-state index contributed by atoms with van der Waals surface area (Å²) in [6, 6.07) is 0.393. The zero-order chi connectivity index (χ0) is 12.1. The standard InChI is InChI=1S/C11H21N5O/c1-3-12-10(9-5-4-6-17-8-9)7-11-13-15-16(2)14-11/h9-10,12H,3-8H2,1-2H3. The van der Waals surface area contributed by atoms with Gasteiger partial charge in [-0.2, -0.15) is 4.80 Å². The molecule has 6 heteroatoms. The smallest absolute Gasteiger partial charge is 0.176 e. The van der Waals surface area contributed by atoms with E-state index in [9.17, 15) is 0 Å². The highest BCUT2D eigenvalue weighted by Gasteiger charge is 2.25. The summed E-state index contributed by atoms with van der Waals surface area (Å²) < 4.78 is 5.55. The third-order valence-corrected chi connectivity index (χ3v) is 3.18. The van der Waals surface area contributed by atoms with E-state index in [4.69, 9.17) is 4.74 Å². The molecule has 0 aliphatic carbocycles. The monoisotopic (exact) mass is 239 g/mol. The number of tetrazole rings is 1. The summed E-state index contributed by atoms with van der Waals surface area (Å²) in [5.74, 6) is 1.37. The van der Waals surface area contributed by atoms with Crippen molar-refractivity contribution in [3.05, 3.63) is 5.82 Å². The molecule has 1 aliphatic heterocycles. The Bertz CT molecular complexity index is 334. The van der Waals surface area contributed by atoms with Crippen LogP contribution in [0.15, 0.2) is 0 Å². The van der Waals surface area contributed by atoms with Crippen LogP contribution in [0.5, 0.6) is 0 Å². The quantitative estimate of drug-likeness (QED) is 0.793. The van der Waals surface area contributed by atoms with Gasteiger partial charge in [0.15, 0.2) is 5.82 Å². The van der Waals surface area contributed by atoms with Crippen LogP contribution in [0.1, 0.15) is 25.6 Å². The van der Waals surface area contributed by atoms with Gasteiger partial charge in [-0.05, 0) is 30.5 Å². The van der Waals surface area contributed by atoms with E-state index in [1.165, 1.54) is 11.2 Å². The van der Waals surface area contributed by atoms with Crippen molar-refractivity contribution in [2.24, 2.45) is 13.0 Å². The normalized spacial score (nSPS) is 22.6. The number of rotatable bonds is 5. The van der Waals surface area contributed by atoms with Crippen LogP contribution in [0.3, 0.4) is 0 Å². The number of aromatic nitrogens is 4. The van der Waals surface area contributed by atoms with Gasteiger partial charge in [-0.15, -0.1) is 10.2 Å². The van der Waals surface area contributed by atoms with Gasteiger partial charge in [-0.3, -0.25) is 0 Å². The predicted molar refractivity (Wildman–Crippen MR) is 63.5 cm³/mol. The van der Waals surface area contributed by atoms with Crippen LogP contribution in [0.25, 0.3) is 0 Å². The third kappa shape index (κ3) is 3.47. The minimum Gasteiger partial charge on any atom is -0.381 e. The van der Waals surface area contributed by atoms with Crippen LogP contribution < -0.4 is 5.32 Å². The number of likely N-dealkylation sites (N-methyl/N-ethyl adjacent to an activating group) is 1. The van der Waals surface area contributed by atoms with Gasteiger partial charge < -0.3 is 10.1 Å². The van der Waals surface area contributed by atoms with Gasteiger partial charge in [-0.25, -0.2) is 0 Å². The first-order valence-electron chi connectivity index (χ1n) is 6.33. The zero-order valence-corrected chi connectivity index (χ0v) is 10.6. The number of aryl methyl sites for hydroxylation is 1. The maximum atomic E-state index is 5.55. The molecule has 1 N–H and O–H groups in total. The Balaban J connectivity index is 1.95. The summed E-state index contributed by atoms with van der Waals surface area (Å²) in [5.41, 5.74) is 0. The summed E-state index contributed by atoms with van der Waals surface area (Å²) in [5, 5.41) is 15.7. The number of nitrogens with one attached hydrogen (secondary N) is 1. The van der Waals surface area contributed by atoms with E-state index in [0.717, 1.165) is 38.4 Å². The molecule has 96 valence electrons. The number of ether oxygens (including phenoxy) is 1. The van der Waals surface area contributed by atoms with Crippen molar-refractivity contribution in [1.29, 1.82) is 0 Å². The lowest BCUT2D eigenvalue weighted by Gasteiger charge is -2.30. The summed E-state index contributed by atoms with van der Waals surface area (Å²) >= 11 is 0. The molecular formula is C11H21N5O. The van der Waals surface area contributed by atoms with E-state index in [2.05, 4.69) is 27.7 Å². The van der Waals surface area contributed by atoms with Crippen molar-refractivity contribution in [3.8, 4) is 0 Å². The second-order valence-corrected chi connectivity index (χ2v) is 4.54. The lowest BCUT2D eigenvalue weighted by molar-refractivity contribution is 0.0393. The Morgan fingerprint density at radius 2 is 2.47 bits per heavy atom. The summed E-state index contributed by atoms with van der Waals surface area (Å²) in [4.78, 5) is 1.51. The largest absolute Gasteiger partial charge is 0.381 e. The molecule has 2 atom stereocenters. The molecule has 0 bridgehead atoms. The van der Waals surface area contributed by atoms with Gasteiger partial charge in [-0.1, -0.05) is 6.92 Å². The maximum Gasteiger partial charge on any atom is 0.176 e. The fourth-order valence-corrected chi connectivity index (χ4v) is 2.35. The van der Waals surface area contributed by atoms with Crippen molar-refractivity contribution in [2.75, 3.05) is 19.8 Å². The third-order valence-electron chi connectivity index (χ3n) is 3.18. The predicted octanol–water partition coefficient (Wildman–Crippen LogP) is 0.157. The van der Waals surface area contributed by atoms with Gasteiger partial charge in [0.2, 0.25) is 0 Å². The van der Waals surface area contributed by atoms with Crippen molar-refractivity contribution >= 4 is 0 Å². The Morgan fingerprint density at radius 1 is 1.59 bits per heavy atom. The highest BCUT2D eigenvalue weighted by Crippen LogP contribution is 2.19. The minimum atomic E-state index is 0.393. The van der Waals surface area contributed by atoms with Crippen LogP contribution in [-0.2, 0) is 18.2 Å². The van der Waals surface area contributed by atoms with Gasteiger partial charge in [0.25, 0.3) is 0 Å². The summed E-state index contributed by atoms with van der Waals surface area (Å²) in [7, 11) is 1.79. The van der Waals surface area contributed by atoms with Crippen LogP contribution in [0.2, 0.25) is 0 Å². The molecular weight excluding hydrogens is 218 g/mol. The van der Waals surface area contributed by atoms with E-state index < -0.39 is 0 Å². The molecule has 1 aromatic heterocycles. The lowest BCUT2D eigenvalue weighted by atomic mass is 9.91. The molecule has 6 nitrogen and oxygen atoms in total. The molecule has 1 saturated heterocycles. The van der Waals surface area contributed by atoms with Gasteiger partial charge >= 0.3 is 0 Å². The van der Waals surface area contributed by atoms with E-state index >= 15 is 0 Å². The minimum absolute atomic E-state index is 0.393. The molecule has 0 saturated carbocycles. The highest BCUT2D eigenvalue weighted by atomic mass is 16.5. The molecule has 2 rings (SSSR count). The van der Waals surface area contributed by atoms with Crippen molar-refractivity contribution in [3.63, 3.8) is 0 Å². The van der Waals surface area contributed by atoms with Gasteiger partial charge in [0.05, 0.1) is 13.7 Å². The zero-order valence-electron chi connectivity index (χ0n) is 10.6.